The van der Waals surface area contributed by atoms with Gasteiger partial charge in [-0.1, -0.05) is 54.8 Å². The van der Waals surface area contributed by atoms with E-state index in [2.05, 4.69) is 65.0 Å². The van der Waals surface area contributed by atoms with Crippen molar-refractivity contribution in [2.75, 3.05) is 0 Å². The molecule has 110 valence electrons. The summed E-state index contributed by atoms with van der Waals surface area (Å²) in [5.74, 6) is 0. The molecule has 0 aliphatic rings. The normalized spacial score (nSPS) is 11.6. The lowest BCUT2D eigenvalue weighted by molar-refractivity contribution is 0.917. The number of rotatable bonds is 7. The van der Waals surface area contributed by atoms with Gasteiger partial charge in [0.05, 0.1) is 0 Å². The molecule has 0 fully saturated rings. The number of hydrogen-bond donors (Lipinski definition) is 0. The molecule has 0 aliphatic carbocycles. The molecule has 0 saturated heterocycles. The fraction of sp³-hybridized carbons (Fsp3) is 0.500. The highest BCUT2D eigenvalue weighted by atomic mass is 14.0. The lowest BCUT2D eigenvalue weighted by atomic mass is 9.99. The Hall–Kier alpha value is -1.30. The zero-order chi connectivity index (χ0) is 15.0. The topological polar surface area (TPSA) is 0 Å². The fourth-order valence-corrected chi connectivity index (χ4v) is 2.41. The summed E-state index contributed by atoms with van der Waals surface area (Å²) in [4.78, 5) is 0. The van der Waals surface area contributed by atoms with E-state index in [1.165, 1.54) is 53.5 Å². The highest BCUT2D eigenvalue weighted by molar-refractivity contribution is 5.32. The Morgan fingerprint density at radius 1 is 1.10 bits per heavy atom. The van der Waals surface area contributed by atoms with Gasteiger partial charge in [-0.3, -0.25) is 0 Å². The zero-order valence-corrected chi connectivity index (χ0v) is 13.9. The van der Waals surface area contributed by atoms with Gasteiger partial charge in [-0.2, -0.15) is 0 Å². The van der Waals surface area contributed by atoms with Gasteiger partial charge in [-0.05, 0) is 70.1 Å². The number of benzene rings is 1. The minimum atomic E-state index is 1.07. The summed E-state index contributed by atoms with van der Waals surface area (Å²) in [5.41, 5.74) is 7.29. The van der Waals surface area contributed by atoms with Crippen LogP contribution in [0.3, 0.4) is 0 Å². The van der Waals surface area contributed by atoms with Crippen molar-refractivity contribution in [3.05, 3.63) is 58.2 Å². The summed E-state index contributed by atoms with van der Waals surface area (Å²) in [6.07, 6.45) is 10.5. The van der Waals surface area contributed by atoms with E-state index in [4.69, 9.17) is 0 Å². The average Bonchev–Trinajstić information content (AvgIpc) is 2.37. The van der Waals surface area contributed by atoms with E-state index in [1.807, 2.05) is 0 Å². The summed E-state index contributed by atoms with van der Waals surface area (Å²) < 4.78 is 0. The Morgan fingerprint density at radius 3 is 2.45 bits per heavy atom. The van der Waals surface area contributed by atoms with Crippen LogP contribution < -0.4 is 0 Å². The van der Waals surface area contributed by atoms with Crippen LogP contribution >= 0.6 is 0 Å². The van der Waals surface area contributed by atoms with E-state index >= 15 is 0 Å². The van der Waals surface area contributed by atoms with Crippen molar-refractivity contribution >= 4 is 0 Å². The third-order valence-corrected chi connectivity index (χ3v) is 3.71. The molecule has 0 aliphatic heterocycles. The molecule has 0 amide bonds. The molecule has 1 rings (SSSR count). The maximum Gasteiger partial charge on any atom is -0.00922 e. The molecule has 1 aromatic carbocycles. The van der Waals surface area contributed by atoms with Crippen LogP contribution in [0.1, 0.15) is 63.6 Å². The Labute approximate surface area is 125 Å². The van der Waals surface area contributed by atoms with Gasteiger partial charge in [-0.15, -0.1) is 0 Å². The molecule has 0 heteroatoms. The van der Waals surface area contributed by atoms with Gasteiger partial charge >= 0.3 is 0 Å². The lowest BCUT2D eigenvalue weighted by Gasteiger charge is -2.07. The van der Waals surface area contributed by atoms with Crippen LogP contribution in [0.2, 0.25) is 0 Å². The van der Waals surface area contributed by atoms with E-state index < -0.39 is 0 Å². The summed E-state index contributed by atoms with van der Waals surface area (Å²) in [5, 5.41) is 0. The second kappa shape index (κ2) is 8.79. The number of hydrogen-bond acceptors (Lipinski definition) is 0. The molecule has 0 unspecified atom stereocenters. The Bertz CT molecular complexity index is 471. The van der Waals surface area contributed by atoms with Crippen molar-refractivity contribution in [3.8, 4) is 0 Å². The van der Waals surface area contributed by atoms with E-state index in [1.54, 1.807) is 0 Å². The quantitative estimate of drug-likeness (QED) is 0.519. The lowest BCUT2D eigenvalue weighted by Crippen LogP contribution is -1.91. The highest BCUT2D eigenvalue weighted by Crippen LogP contribution is 2.15. The molecule has 20 heavy (non-hydrogen) atoms. The zero-order valence-electron chi connectivity index (χ0n) is 13.9. The molecular formula is C20H30. The van der Waals surface area contributed by atoms with Crippen molar-refractivity contribution < 1.29 is 0 Å². The van der Waals surface area contributed by atoms with Gasteiger partial charge in [0, 0.05) is 0 Å². The molecule has 0 radical (unpaired) electrons. The van der Waals surface area contributed by atoms with Crippen molar-refractivity contribution in [2.45, 2.75) is 66.7 Å². The van der Waals surface area contributed by atoms with Crippen LogP contribution in [-0.4, -0.2) is 0 Å². The second-order valence-electron chi connectivity index (χ2n) is 6.09. The van der Waals surface area contributed by atoms with E-state index in [-0.39, 0.29) is 0 Å². The standard InChI is InChI=1S/C20H30/c1-6-8-19-12-14-20(18(5)15-19)13-11-17(4)10-7-9-16(2)3/h9,11-12,14-15H,6-8,10,13H2,1-5H3/b17-11+. The van der Waals surface area contributed by atoms with Gasteiger partial charge in [0.15, 0.2) is 0 Å². The SMILES string of the molecule is CCCc1ccc(C/C=C(\C)CCC=C(C)C)c(C)c1. The van der Waals surface area contributed by atoms with Crippen molar-refractivity contribution in [2.24, 2.45) is 0 Å². The van der Waals surface area contributed by atoms with Crippen LogP contribution in [0.4, 0.5) is 0 Å². The Morgan fingerprint density at radius 2 is 1.85 bits per heavy atom. The molecule has 1 aromatic rings. The molecule has 0 aromatic heterocycles. The average molecular weight is 270 g/mol. The van der Waals surface area contributed by atoms with Crippen LogP contribution in [-0.2, 0) is 12.8 Å². The molecule has 0 nitrogen and oxygen atoms in total. The summed E-state index contributed by atoms with van der Waals surface area (Å²) in [7, 11) is 0. The van der Waals surface area contributed by atoms with E-state index in [0.717, 1.165) is 6.42 Å². The fourth-order valence-electron chi connectivity index (χ4n) is 2.41. The van der Waals surface area contributed by atoms with Crippen molar-refractivity contribution in [1.82, 2.24) is 0 Å². The van der Waals surface area contributed by atoms with E-state index in [9.17, 15) is 0 Å². The first-order valence-electron chi connectivity index (χ1n) is 7.90. The van der Waals surface area contributed by atoms with Gasteiger partial charge < -0.3 is 0 Å². The minimum absolute atomic E-state index is 1.07. The van der Waals surface area contributed by atoms with E-state index in [0.29, 0.717) is 0 Å². The van der Waals surface area contributed by atoms with Gasteiger partial charge in [0.25, 0.3) is 0 Å². The smallest absolute Gasteiger partial charge is 0.00922 e. The predicted molar refractivity (Wildman–Crippen MR) is 91.3 cm³/mol. The number of aryl methyl sites for hydroxylation is 2. The maximum atomic E-state index is 2.39. The van der Waals surface area contributed by atoms with Gasteiger partial charge in [0.1, 0.15) is 0 Å². The van der Waals surface area contributed by atoms with Gasteiger partial charge in [-0.25, -0.2) is 0 Å². The number of allylic oxidation sites excluding steroid dienone is 4. The second-order valence-corrected chi connectivity index (χ2v) is 6.09. The molecule has 0 N–H and O–H groups in total. The summed E-state index contributed by atoms with van der Waals surface area (Å²) >= 11 is 0. The van der Waals surface area contributed by atoms with Gasteiger partial charge in [0.2, 0.25) is 0 Å². The predicted octanol–water partition coefficient (Wildman–Crippen LogP) is 6.18. The molecule has 0 spiro atoms. The minimum Gasteiger partial charge on any atom is -0.0856 e. The Balaban J connectivity index is 2.58. The Kier molecular flexibility index (Phi) is 7.36. The molecule has 0 heterocycles. The van der Waals surface area contributed by atoms with Crippen molar-refractivity contribution in [3.63, 3.8) is 0 Å². The third kappa shape index (κ3) is 6.23. The first-order chi connectivity index (χ1) is 9.52. The molecule has 0 atom stereocenters. The van der Waals surface area contributed by atoms with Crippen molar-refractivity contribution in [1.29, 1.82) is 0 Å². The summed E-state index contributed by atoms with van der Waals surface area (Å²) in [6, 6.07) is 6.95. The first-order valence-corrected chi connectivity index (χ1v) is 7.90. The van der Waals surface area contributed by atoms with Crippen LogP contribution in [0, 0.1) is 6.92 Å². The first kappa shape index (κ1) is 16.8. The molecular weight excluding hydrogens is 240 g/mol. The monoisotopic (exact) mass is 270 g/mol. The third-order valence-electron chi connectivity index (χ3n) is 3.71. The largest absolute Gasteiger partial charge is 0.0856 e. The van der Waals surface area contributed by atoms with Crippen LogP contribution in [0.5, 0.6) is 0 Å². The summed E-state index contributed by atoms with van der Waals surface area (Å²) in [6.45, 7) is 11.1. The maximum absolute atomic E-state index is 2.39. The molecule has 0 bridgehead atoms. The van der Waals surface area contributed by atoms with Crippen LogP contribution in [0.25, 0.3) is 0 Å². The van der Waals surface area contributed by atoms with Crippen LogP contribution in [0.15, 0.2) is 41.5 Å². The highest BCUT2D eigenvalue weighted by Gasteiger charge is 1.99. The molecule has 0 saturated carbocycles.